The first-order valence-corrected chi connectivity index (χ1v) is 17.5. The Kier molecular flexibility index (Phi) is 6.10. The molecule has 220 valence electrons. The van der Waals surface area contributed by atoms with Gasteiger partial charge in [-0.15, -0.1) is 22.7 Å². The molecular weight excluding hydrogens is 587 g/mol. The van der Waals surface area contributed by atoms with Crippen molar-refractivity contribution in [3.8, 4) is 20.9 Å². The predicted molar refractivity (Wildman–Crippen MR) is 189 cm³/mol. The number of thiophene rings is 2. The molecule has 0 spiro atoms. The number of rotatable bonds is 5. The van der Waals surface area contributed by atoms with Gasteiger partial charge in [-0.1, -0.05) is 86.7 Å². The van der Waals surface area contributed by atoms with Gasteiger partial charge in [-0.25, -0.2) is 0 Å². The molecule has 0 saturated heterocycles. The van der Waals surface area contributed by atoms with Crippen molar-refractivity contribution in [2.24, 2.45) is 5.92 Å². The van der Waals surface area contributed by atoms with Crippen LogP contribution in [0.5, 0.6) is 0 Å². The summed E-state index contributed by atoms with van der Waals surface area (Å²) in [6.45, 7) is 4.77. The van der Waals surface area contributed by atoms with Gasteiger partial charge >= 0.3 is 0 Å². The highest BCUT2D eigenvalue weighted by atomic mass is 32.1. The van der Waals surface area contributed by atoms with Crippen molar-refractivity contribution < 1.29 is 4.79 Å². The molecule has 2 atom stereocenters. The summed E-state index contributed by atoms with van der Waals surface area (Å²) in [6.07, 6.45) is 9.39. The molecule has 1 aliphatic heterocycles. The third kappa shape index (κ3) is 4.09. The van der Waals surface area contributed by atoms with Crippen LogP contribution in [-0.4, -0.2) is 6.29 Å². The van der Waals surface area contributed by atoms with Crippen LogP contribution in [0.1, 0.15) is 70.4 Å². The monoisotopic (exact) mass is 619 g/mol. The fourth-order valence-electron chi connectivity index (χ4n) is 8.29. The molecule has 0 amide bonds. The molecular formula is C41H33NOS2. The summed E-state index contributed by atoms with van der Waals surface area (Å²) < 4.78 is 0. The highest BCUT2D eigenvalue weighted by Crippen LogP contribution is 2.57. The van der Waals surface area contributed by atoms with Crippen molar-refractivity contribution >= 4 is 40.2 Å². The van der Waals surface area contributed by atoms with Gasteiger partial charge in [-0.05, 0) is 100 Å². The van der Waals surface area contributed by atoms with Crippen molar-refractivity contribution in [3.63, 3.8) is 0 Å². The Balaban J connectivity index is 1.19. The second-order valence-electron chi connectivity index (χ2n) is 13.1. The van der Waals surface area contributed by atoms with Gasteiger partial charge < -0.3 is 4.90 Å². The average molecular weight is 620 g/mol. The van der Waals surface area contributed by atoms with E-state index in [-0.39, 0.29) is 17.4 Å². The van der Waals surface area contributed by atoms with E-state index in [9.17, 15) is 4.79 Å². The van der Waals surface area contributed by atoms with Crippen LogP contribution in [0.25, 0.3) is 26.5 Å². The van der Waals surface area contributed by atoms with Crippen LogP contribution in [0.2, 0.25) is 0 Å². The molecule has 4 aliphatic rings. The maximum absolute atomic E-state index is 11.3. The fourth-order valence-corrected chi connectivity index (χ4v) is 10.2. The first-order chi connectivity index (χ1) is 22.0. The maximum atomic E-state index is 11.3. The Morgan fingerprint density at radius 1 is 0.778 bits per heavy atom. The number of carbonyl (C=O) groups excluding carboxylic acids is 1. The lowest BCUT2D eigenvalue weighted by Crippen LogP contribution is -2.27. The molecule has 5 aromatic rings. The molecule has 3 aromatic carbocycles. The SMILES string of the molecule is CC1(C)c2ccccc2-c2ccc(C3C4C=C(c5ccc(-c6ccc(C=O)s6)s5)C=C5CCCC(=C54)N3c3ccccc3)cc21. The minimum Gasteiger partial charge on any atom is -0.336 e. The van der Waals surface area contributed by atoms with E-state index in [0.29, 0.717) is 0 Å². The normalized spacial score (nSPS) is 20.8. The second-order valence-corrected chi connectivity index (χ2v) is 15.3. The number of nitrogens with zero attached hydrogens (tertiary/aromatic N) is 1. The number of fused-ring (bicyclic) bond motifs is 3. The molecule has 45 heavy (non-hydrogen) atoms. The van der Waals surface area contributed by atoms with Crippen molar-refractivity contribution in [1.82, 2.24) is 0 Å². The van der Waals surface area contributed by atoms with Crippen LogP contribution in [-0.2, 0) is 5.41 Å². The fraction of sp³-hybridized carbons (Fsp3) is 0.195. The molecule has 3 heterocycles. The molecule has 0 saturated carbocycles. The molecule has 9 rings (SSSR count). The third-order valence-electron chi connectivity index (χ3n) is 10.3. The van der Waals surface area contributed by atoms with Crippen LogP contribution >= 0.6 is 22.7 Å². The van der Waals surface area contributed by atoms with Gasteiger partial charge in [0.15, 0.2) is 6.29 Å². The van der Waals surface area contributed by atoms with Gasteiger partial charge in [0, 0.05) is 37.3 Å². The summed E-state index contributed by atoms with van der Waals surface area (Å²) in [5.41, 5.74) is 14.1. The van der Waals surface area contributed by atoms with Crippen molar-refractivity contribution in [1.29, 1.82) is 0 Å². The highest BCUT2D eigenvalue weighted by molar-refractivity contribution is 7.23. The summed E-state index contributed by atoms with van der Waals surface area (Å²) in [7, 11) is 0. The van der Waals surface area contributed by atoms with Crippen LogP contribution in [0, 0.1) is 5.92 Å². The summed E-state index contributed by atoms with van der Waals surface area (Å²) in [4.78, 5) is 18.5. The summed E-state index contributed by atoms with van der Waals surface area (Å²) in [5.74, 6) is 0.273. The topological polar surface area (TPSA) is 20.3 Å². The zero-order valence-electron chi connectivity index (χ0n) is 25.4. The van der Waals surface area contributed by atoms with E-state index in [2.05, 4.69) is 122 Å². The lowest BCUT2D eigenvalue weighted by atomic mass is 9.76. The van der Waals surface area contributed by atoms with E-state index >= 15 is 0 Å². The summed E-state index contributed by atoms with van der Waals surface area (Å²) >= 11 is 3.41. The van der Waals surface area contributed by atoms with Gasteiger partial charge in [0.25, 0.3) is 0 Å². The molecule has 0 fully saturated rings. The molecule has 3 aliphatic carbocycles. The van der Waals surface area contributed by atoms with Gasteiger partial charge in [-0.2, -0.15) is 0 Å². The summed E-state index contributed by atoms with van der Waals surface area (Å²) in [6, 6.07) is 36.0. The first-order valence-electron chi connectivity index (χ1n) is 15.9. The number of hydrogen-bond donors (Lipinski definition) is 0. The minimum absolute atomic E-state index is 0.0390. The van der Waals surface area contributed by atoms with E-state index in [4.69, 9.17) is 0 Å². The molecule has 0 radical (unpaired) electrons. The summed E-state index contributed by atoms with van der Waals surface area (Å²) in [5, 5.41) is 0. The number of benzene rings is 3. The van der Waals surface area contributed by atoms with Crippen LogP contribution in [0.15, 0.2) is 126 Å². The van der Waals surface area contributed by atoms with E-state index in [0.717, 1.165) is 28.9 Å². The number of carbonyl (C=O) groups is 1. The molecule has 2 nitrogen and oxygen atoms in total. The Hall–Kier alpha value is -4.25. The number of anilines is 1. The van der Waals surface area contributed by atoms with Crippen molar-refractivity contribution in [2.45, 2.75) is 44.6 Å². The number of aldehydes is 1. The zero-order valence-corrected chi connectivity index (χ0v) is 27.1. The first kappa shape index (κ1) is 27.1. The molecule has 0 bridgehead atoms. The predicted octanol–water partition coefficient (Wildman–Crippen LogP) is 11.2. The highest BCUT2D eigenvalue weighted by Gasteiger charge is 2.46. The lowest BCUT2D eigenvalue weighted by molar-refractivity contribution is 0.112. The average Bonchev–Trinajstić information content (AvgIpc) is 3.86. The quantitative estimate of drug-likeness (QED) is 0.182. The largest absolute Gasteiger partial charge is 0.336 e. The van der Waals surface area contributed by atoms with Crippen molar-refractivity contribution in [3.05, 3.63) is 153 Å². The number of hydrogen-bond acceptors (Lipinski definition) is 4. The second kappa shape index (κ2) is 10.1. The Labute approximate surface area is 272 Å². The number of para-hydroxylation sites is 1. The zero-order chi connectivity index (χ0) is 30.3. The lowest BCUT2D eigenvalue weighted by Gasteiger charge is -2.33. The molecule has 4 heteroatoms. The maximum Gasteiger partial charge on any atom is 0.160 e. The Morgan fingerprint density at radius 2 is 1.53 bits per heavy atom. The van der Waals surface area contributed by atoms with E-state index in [1.165, 1.54) is 66.5 Å². The van der Waals surface area contributed by atoms with E-state index < -0.39 is 0 Å². The smallest absolute Gasteiger partial charge is 0.160 e. The van der Waals surface area contributed by atoms with Gasteiger partial charge in [0.1, 0.15) is 0 Å². The third-order valence-corrected chi connectivity index (χ3v) is 12.6. The van der Waals surface area contributed by atoms with Gasteiger partial charge in [0.2, 0.25) is 0 Å². The minimum atomic E-state index is -0.0390. The Bertz CT molecular complexity index is 2100. The molecule has 2 unspecified atom stereocenters. The molecule has 0 N–H and O–H groups in total. The standard InChI is InChI=1S/C41H33NOS2/c1-41(2)33-13-7-6-12-30(33)31-17-15-26(23-34(31)41)40-32-22-27(36-19-20-38(45-36)37-18-16-29(24-43)44-37)21-25-9-8-14-35(39(25)32)42(40)28-10-4-3-5-11-28/h3-7,10-13,15-24,32,40H,8-9,14H2,1-2H3. The van der Waals surface area contributed by atoms with Gasteiger partial charge in [0.05, 0.1) is 10.9 Å². The number of allylic oxidation sites excluding steroid dienone is 4. The van der Waals surface area contributed by atoms with Crippen LogP contribution in [0.4, 0.5) is 5.69 Å². The van der Waals surface area contributed by atoms with E-state index in [1.54, 1.807) is 16.9 Å². The van der Waals surface area contributed by atoms with Gasteiger partial charge in [-0.3, -0.25) is 4.79 Å². The van der Waals surface area contributed by atoms with Crippen LogP contribution in [0.3, 0.4) is 0 Å². The van der Waals surface area contributed by atoms with E-state index in [1.807, 2.05) is 17.4 Å². The van der Waals surface area contributed by atoms with Crippen LogP contribution < -0.4 is 4.90 Å². The Morgan fingerprint density at radius 3 is 2.38 bits per heavy atom. The van der Waals surface area contributed by atoms with Crippen molar-refractivity contribution in [2.75, 3.05) is 4.90 Å². The molecule has 2 aromatic heterocycles.